The summed E-state index contributed by atoms with van der Waals surface area (Å²) in [5.74, 6) is 0.119. The van der Waals surface area contributed by atoms with Crippen LogP contribution in [0, 0.1) is 0 Å². The topological polar surface area (TPSA) is 66.6 Å². The second-order valence-electron chi connectivity index (χ2n) is 4.18. The van der Waals surface area contributed by atoms with Crippen molar-refractivity contribution in [1.82, 2.24) is 4.90 Å². The summed E-state index contributed by atoms with van der Waals surface area (Å²) in [7, 11) is 0. The molecule has 2 rings (SSSR count). The highest BCUT2D eigenvalue weighted by atomic mass is 35.5. The Morgan fingerprint density at radius 3 is 2.67 bits per heavy atom. The van der Waals surface area contributed by atoms with Crippen molar-refractivity contribution in [2.75, 3.05) is 18.8 Å². The van der Waals surface area contributed by atoms with Crippen LogP contribution in [0.3, 0.4) is 0 Å². The van der Waals surface area contributed by atoms with E-state index in [9.17, 15) is 9.90 Å². The fraction of sp³-hybridized carbons (Fsp3) is 0.308. The first-order valence-corrected chi connectivity index (χ1v) is 5.72. The number of carbonyl (C=O) groups is 1. The number of anilines is 1. The van der Waals surface area contributed by atoms with E-state index in [-0.39, 0.29) is 24.1 Å². The molecule has 1 aromatic rings. The number of hydrogen-bond donors (Lipinski definition) is 2. The van der Waals surface area contributed by atoms with Gasteiger partial charge in [-0.15, -0.1) is 12.4 Å². The molecule has 1 aliphatic heterocycles. The Kier molecular flexibility index (Phi) is 5.04. The van der Waals surface area contributed by atoms with Crippen LogP contribution in [0.5, 0.6) is 5.75 Å². The maximum Gasteiger partial charge on any atom is 0.246 e. The molecular weight excluding hydrogens is 252 g/mol. The highest BCUT2D eigenvalue weighted by molar-refractivity contribution is 5.92. The molecule has 0 radical (unpaired) electrons. The smallest absolute Gasteiger partial charge is 0.246 e. The lowest BCUT2D eigenvalue weighted by molar-refractivity contribution is -0.124. The Morgan fingerprint density at radius 2 is 2.00 bits per heavy atom. The van der Waals surface area contributed by atoms with Crippen molar-refractivity contribution >= 4 is 30.1 Å². The number of benzene rings is 1. The SMILES string of the molecule is Cl.Nc1ccc(O)c(C=CC(=O)N2CCCC2)c1. The molecule has 0 spiro atoms. The van der Waals surface area contributed by atoms with Gasteiger partial charge in [-0.2, -0.15) is 0 Å². The highest BCUT2D eigenvalue weighted by Gasteiger charge is 2.15. The van der Waals surface area contributed by atoms with Gasteiger partial charge in [0, 0.05) is 30.4 Å². The molecule has 0 bridgehead atoms. The molecule has 1 aromatic carbocycles. The number of nitrogen functional groups attached to an aromatic ring is 1. The molecule has 0 unspecified atom stereocenters. The number of nitrogens with zero attached hydrogens (tertiary/aromatic N) is 1. The molecular formula is C13H17ClN2O2. The Bertz CT molecular complexity index is 454. The van der Waals surface area contributed by atoms with Crippen molar-refractivity contribution in [3.8, 4) is 5.75 Å². The van der Waals surface area contributed by atoms with Crippen LogP contribution in [-0.4, -0.2) is 29.0 Å². The number of aromatic hydroxyl groups is 1. The van der Waals surface area contributed by atoms with E-state index in [0.29, 0.717) is 11.3 Å². The lowest BCUT2D eigenvalue weighted by Crippen LogP contribution is -2.25. The van der Waals surface area contributed by atoms with Crippen molar-refractivity contribution in [1.29, 1.82) is 0 Å². The number of nitrogens with two attached hydrogens (primary N) is 1. The lowest BCUT2D eigenvalue weighted by atomic mass is 10.1. The fourth-order valence-electron chi connectivity index (χ4n) is 1.91. The van der Waals surface area contributed by atoms with Gasteiger partial charge in [-0.05, 0) is 37.1 Å². The molecule has 0 aliphatic carbocycles. The monoisotopic (exact) mass is 268 g/mol. The van der Waals surface area contributed by atoms with Crippen LogP contribution in [0.25, 0.3) is 6.08 Å². The Balaban J connectivity index is 0.00000162. The van der Waals surface area contributed by atoms with Crippen molar-refractivity contribution in [3.05, 3.63) is 29.8 Å². The van der Waals surface area contributed by atoms with Crippen LogP contribution >= 0.6 is 12.4 Å². The quantitative estimate of drug-likeness (QED) is 0.490. The average Bonchev–Trinajstić information content (AvgIpc) is 2.83. The Labute approximate surface area is 112 Å². The molecule has 0 saturated carbocycles. The first-order valence-electron chi connectivity index (χ1n) is 5.72. The normalized spacial score (nSPS) is 14.8. The summed E-state index contributed by atoms with van der Waals surface area (Å²) in [6.07, 6.45) is 5.23. The van der Waals surface area contributed by atoms with E-state index in [0.717, 1.165) is 25.9 Å². The minimum absolute atomic E-state index is 0. The first kappa shape index (κ1) is 14.4. The summed E-state index contributed by atoms with van der Waals surface area (Å²) in [6.45, 7) is 1.65. The predicted molar refractivity (Wildman–Crippen MR) is 74.6 cm³/mol. The van der Waals surface area contributed by atoms with Crippen LogP contribution in [-0.2, 0) is 4.79 Å². The number of halogens is 1. The molecule has 0 atom stereocenters. The maximum absolute atomic E-state index is 11.7. The van der Waals surface area contributed by atoms with E-state index < -0.39 is 0 Å². The molecule has 98 valence electrons. The summed E-state index contributed by atoms with van der Waals surface area (Å²) in [4.78, 5) is 13.5. The van der Waals surface area contributed by atoms with E-state index in [2.05, 4.69) is 0 Å². The maximum atomic E-state index is 11.7. The summed E-state index contributed by atoms with van der Waals surface area (Å²) >= 11 is 0. The highest BCUT2D eigenvalue weighted by Crippen LogP contribution is 2.21. The summed E-state index contributed by atoms with van der Waals surface area (Å²) in [5.41, 5.74) is 6.75. The van der Waals surface area contributed by atoms with Crippen LogP contribution in [0.2, 0.25) is 0 Å². The first-order chi connectivity index (χ1) is 8.16. The Morgan fingerprint density at radius 1 is 1.33 bits per heavy atom. The van der Waals surface area contributed by atoms with Gasteiger partial charge in [0.15, 0.2) is 0 Å². The number of amides is 1. The fourth-order valence-corrected chi connectivity index (χ4v) is 1.91. The van der Waals surface area contributed by atoms with Crippen molar-refractivity contribution in [2.24, 2.45) is 0 Å². The standard InChI is InChI=1S/C13H16N2O2.ClH/c14-11-4-5-12(16)10(9-11)3-6-13(17)15-7-1-2-8-15;/h3-6,9,16H,1-2,7-8,14H2;1H. The lowest BCUT2D eigenvalue weighted by Gasteiger charge is -2.11. The van der Waals surface area contributed by atoms with Gasteiger partial charge in [0.05, 0.1) is 0 Å². The molecule has 3 N–H and O–H groups in total. The zero-order chi connectivity index (χ0) is 12.3. The van der Waals surface area contributed by atoms with Gasteiger partial charge in [0.2, 0.25) is 5.91 Å². The van der Waals surface area contributed by atoms with Crippen LogP contribution in [0.15, 0.2) is 24.3 Å². The third kappa shape index (κ3) is 3.40. The van der Waals surface area contributed by atoms with Crippen molar-refractivity contribution in [2.45, 2.75) is 12.8 Å². The molecule has 1 aliphatic rings. The molecule has 18 heavy (non-hydrogen) atoms. The van der Waals surface area contributed by atoms with Crippen LogP contribution < -0.4 is 5.73 Å². The minimum Gasteiger partial charge on any atom is -0.507 e. The molecule has 1 amide bonds. The number of phenolic OH excluding ortho intramolecular Hbond substituents is 1. The van der Waals surface area contributed by atoms with Gasteiger partial charge in [-0.1, -0.05) is 0 Å². The molecule has 1 heterocycles. The van der Waals surface area contributed by atoms with Gasteiger partial charge in [0.1, 0.15) is 5.75 Å². The van der Waals surface area contributed by atoms with E-state index in [1.54, 1.807) is 23.1 Å². The zero-order valence-electron chi connectivity index (χ0n) is 10.0. The van der Waals surface area contributed by atoms with Crippen LogP contribution in [0.1, 0.15) is 18.4 Å². The average molecular weight is 269 g/mol. The van der Waals surface area contributed by atoms with Gasteiger partial charge >= 0.3 is 0 Å². The Hall–Kier alpha value is -1.68. The number of likely N-dealkylation sites (tertiary alicyclic amines) is 1. The van der Waals surface area contributed by atoms with E-state index in [4.69, 9.17) is 5.73 Å². The summed E-state index contributed by atoms with van der Waals surface area (Å²) < 4.78 is 0. The number of rotatable bonds is 2. The van der Waals surface area contributed by atoms with Crippen molar-refractivity contribution in [3.63, 3.8) is 0 Å². The molecule has 5 heteroatoms. The number of phenols is 1. The van der Waals surface area contributed by atoms with E-state index >= 15 is 0 Å². The third-order valence-corrected chi connectivity index (χ3v) is 2.87. The van der Waals surface area contributed by atoms with Gasteiger partial charge < -0.3 is 15.7 Å². The summed E-state index contributed by atoms with van der Waals surface area (Å²) in [5, 5.41) is 9.58. The molecule has 0 aromatic heterocycles. The zero-order valence-corrected chi connectivity index (χ0v) is 10.8. The number of carbonyl (C=O) groups excluding carboxylic acids is 1. The predicted octanol–water partition coefficient (Wildman–Crippen LogP) is 2.03. The molecule has 1 fully saturated rings. The van der Waals surface area contributed by atoms with Crippen LogP contribution in [0.4, 0.5) is 5.69 Å². The van der Waals surface area contributed by atoms with Gasteiger partial charge in [-0.3, -0.25) is 4.79 Å². The van der Waals surface area contributed by atoms with Gasteiger partial charge in [0.25, 0.3) is 0 Å². The van der Waals surface area contributed by atoms with Gasteiger partial charge in [-0.25, -0.2) is 0 Å². The largest absolute Gasteiger partial charge is 0.507 e. The number of hydrogen-bond acceptors (Lipinski definition) is 3. The van der Waals surface area contributed by atoms with E-state index in [1.165, 1.54) is 12.1 Å². The second kappa shape index (κ2) is 6.31. The third-order valence-electron chi connectivity index (χ3n) is 2.87. The van der Waals surface area contributed by atoms with E-state index in [1.807, 2.05) is 0 Å². The molecule has 1 saturated heterocycles. The summed E-state index contributed by atoms with van der Waals surface area (Å²) in [6, 6.07) is 4.79. The van der Waals surface area contributed by atoms with Crippen molar-refractivity contribution < 1.29 is 9.90 Å². The molecule has 4 nitrogen and oxygen atoms in total. The minimum atomic E-state index is -0.00988. The second-order valence-corrected chi connectivity index (χ2v) is 4.18.